The Morgan fingerprint density at radius 2 is 2.15 bits per heavy atom. The molecule has 0 bridgehead atoms. The molecule has 0 radical (unpaired) electrons. The van der Waals surface area contributed by atoms with Crippen LogP contribution in [-0.4, -0.2) is 15.7 Å². The summed E-state index contributed by atoms with van der Waals surface area (Å²) in [5.41, 5.74) is 3.10. The first-order valence-electron chi connectivity index (χ1n) is 7.09. The summed E-state index contributed by atoms with van der Waals surface area (Å²) in [6, 6.07) is 10.2. The van der Waals surface area contributed by atoms with E-state index in [-0.39, 0.29) is 11.8 Å². The minimum atomic E-state index is 0.0989. The van der Waals surface area contributed by atoms with Gasteiger partial charge in [0.05, 0.1) is 17.6 Å². The monoisotopic (exact) mass is 269 g/mol. The van der Waals surface area contributed by atoms with Gasteiger partial charge in [0.25, 0.3) is 0 Å². The second kappa shape index (κ2) is 5.12. The van der Waals surface area contributed by atoms with Crippen LogP contribution in [-0.2, 0) is 11.3 Å². The second-order valence-electron chi connectivity index (χ2n) is 5.31. The number of nitrogens with zero attached hydrogens (tertiary/aromatic N) is 2. The molecule has 0 saturated heterocycles. The molecule has 0 aliphatic heterocycles. The van der Waals surface area contributed by atoms with Crippen molar-refractivity contribution in [2.75, 3.05) is 5.32 Å². The molecular formula is C16H19N3O. The highest BCUT2D eigenvalue weighted by atomic mass is 16.2. The van der Waals surface area contributed by atoms with Crippen LogP contribution in [0.4, 0.5) is 5.69 Å². The maximum Gasteiger partial charge on any atom is 0.228 e. The van der Waals surface area contributed by atoms with Crippen molar-refractivity contribution in [1.82, 2.24) is 9.78 Å². The van der Waals surface area contributed by atoms with Crippen LogP contribution in [0.15, 0.2) is 36.5 Å². The maximum absolute atomic E-state index is 12.3. The molecule has 1 saturated carbocycles. The molecule has 0 spiro atoms. The number of anilines is 1. The third kappa shape index (κ3) is 2.33. The first-order chi connectivity index (χ1) is 9.70. The van der Waals surface area contributed by atoms with Crippen LogP contribution in [0.25, 0.3) is 0 Å². The Morgan fingerprint density at radius 1 is 1.40 bits per heavy atom. The number of hydrogen-bond donors (Lipinski definition) is 1. The van der Waals surface area contributed by atoms with Gasteiger partial charge >= 0.3 is 0 Å². The van der Waals surface area contributed by atoms with Crippen LogP contribution in [0, 0.1) is 12.8 Å². The summed E-state index contributed by atoms with van der Waals surface area (Å²) in [7, 11) is 0. The maximum atomic E-state index is 12.3. The zero-order chi connectivity index (χ0) is 14.1. The van der Waals surface area contributed by atoms with E-state index < -0.39 is 0 Å². The molecular weight excluding hydrogens is 250 g/mol. The fourth-order valence-electron chi connectivity index (χ4n) is 2.67. The van der Waals surface area contributed by atoms with E-state index in [2.05, 4.69) is 22.5 Å². The lowest BCUT2D eigenvalue weighted by molar-refractivity contribution is -0.117. The average molecular weight is 269 g/mol. The Hall–Kier alpha value is -2.10. The van der Waals surface area contributed by atoms with E-state index >= 15 is 0 Å². The Balaban J connectivity index is 1.65. The summed E-state index contributed by atoms with van der Waals surface area (Å²) < 4.78 is 1.89. The second-order valence-corrected chi connectivity index (χ2v) is 5.31. The standard InChI is InChI=1S/C16H19N3O/c1-3-19-11(2)15(10-17-19)18-16(20)14-9-13(14)12-7-5-4-6-8-12/h4-8,10,13-14H,3,9H2,1-2H3,(H,18,20). The highest BCUT2D eigenvalue weighted by molar-refractivity contribution is 5.95. The number of benzene rings is 1. The quantitative estimate of drug-likeness (QED) is 0.927. The van der Waals surface area contributed by atoms with Gasteiger partial charge in [-0.3, -0.25) is 9.48 Å². The van der Waals surface area contributed by atoms with E-state index in [4.69, 9.17) is 0 Å². The largest absolute Gasteiger partial charge is 0.323 e. The minimum absolute atomic E-state index is 0.0989. The molecule has 2 atom stereocenters. The number of carbonyl (C=O) groups is 1. The van der Waals surface area contributed by atoms with Gasteiger partial charge in [0, 0.05) is 12.5 Å². The summed E-state index contributed by atoms with van der Waals surface area (Å²) in [5.74, 6) is 0.581. The fraction of sp³-hybridized carbons (Fsp3) is 0.375. The predicted octanol–water partition coefficient (Wildman–Crippen LogP) is 2.95. The van der Waals surface area contributed by atoms with E-state index in [0.717, 1.165) is 24.3 Å². The summed E-state index contributed by atoms with van der Waals surface area (Å²) in [5, 5.41) is 7.25. The number of rotatable bonds is 4. The first kappa shape index (κ1) is 12.9. The summed E-state index contributed by atoms with van der Waals surface area (Å²) in [6.45, 7) is 4.84. The number of aromatic nitrogens is 2. The minimum Gasteiger partial charge on any atom is -0.323 e. The lowest BCUT2D eigenvalue weighted by Crippen LogP contribution is -2.15. The number of aryl methyl sites for hydroxylation is 1. The molecule has 1 heterocycles. The van der Waals surface area contributed by atoms with Crippen molar-refractivity contribution in [3.63, 3.8) is 0 Å². The molecule has 104 valence electrons. The molecule has 2 unspecified atom stereocenters. The normalized spacial score (nSPS) is 20.7. The summed E-state index contributed by atoms with van der Waals surface area (Å²) >= 11 is 0. The van der Waals surface area contributed by atoms with Crippen LogP contribution in [0.5, 0.6) is 0 Å². The van der Waals surface area contributed by atoms with Gasteiger partial charge in [-0.25, -0.2) is 0 Å². The molecule has 1 fully saturated rings. The molecule has 1 aromatic carbocycles. The number of hydrogen-bond acceptors (Lipinski definition) is 2. The van der Waals surface area contributed by atoms with Crippen LogP contribution in [0.2, 0.25) is 0 Å². The van der Waals surface area contributed by atoms with Gasteiger partial charge in [0.2, 0.25) is 5.91 Å². The highest BCUT2D eigenvalue weighted by Gasteiger charge is 2.43. The fourth-order valence-corrected chi connectivity index (χ4v) is 2.67. The van der Waals surface area contributed by atoms with Gasteiger partial charge in [-0.2, -0.15) is 5.10 Å². The molecule has 1 N–H and O–H groups in total. The van der Waals surface area contributed by atoms with E-state index in [9.17, 15) is 4.79 Å². The molecule has 1 amide bonds. The molecule has 3 rings (SSSR count). The van der Waals surface area contributed by atoms with Crippen LogP contribution in [0.3, 0.4) is 0 Å². The van der Waals surface area contributed by atoms with Crippen LogP contribution >= 0.6 is 0 Å². The lowest BCUT2D eigenvalue weighted by atomic mass is 10.1. The van der Waals surface area contributed by atoms with Crippen molar-refractivity contribution in [2.45, 2.75) is 32.7 Å². The molecule has 4 heteroatoms. The van der Waals surface area contributed by atoms with Gasteiger partial charge in [-0.05, 0) is 31.7 Å². The van der Waals surface area contributed by atoms with Gasteiger partial charge in [0.15, 0.2) is 0 Å². The van der Waals surface area contributed by atoms with Crippen molar-refractivity contribution in [3.8, 4) is 0 Å². The zero-order valence-corrected chi connectivity index (χ0v) is 11.8. The first-order valence-corrected chi connectivity index (χ1v) is 7.09. The number of carbonyl (C=O) groups excluding carboxylic acids is 1. The number of amides is 1. The highest BCUT2D eigenvalue weighted by Crippen LogP contribution is 2.47. The van der Waals surface area contributed by atoms with E-state index in [1.807, 2.05) is 36.7 Å². The third-order valence-corrected chi connectivity index (χ3v) is 4.02. The van der Waals surface area contributed by atoms with Gasteiger partial charge in [0.1, 0.15) is 0 Å². The van der Waals surface area contributed by atoms with E-state index in [1.165, 1.54) is 5.56 Å². The van der Waals surface area contributed by atoms with Crippen LogP contribution < -0.4 is 5.32 Å². The molecule has 20 heavy (non-hydrogen) atoms. The van der Waals surface area contributed by atoms with Crippen molar-refractivity contribution < 1.29 is 4.79 Å². The zero-order valence-electron chi connectivity index (χ0n) is 11.8. The Morgan fingerprint density at radius 3 is 2.80 bits per heavy atom. The van der Waals surface area contributed by atoms with E-state index in [0.29, 0.717) is 5.92 Å². The third-order valence-electron chi connectivity index (χ3n) is 4.02. The van der Waals surface area contributed by atoms with Crippen molar-refractivity contribution in [3.05, 3.63) is 47.8 Å². The molecule has 4 nitrogen and oxygen atoms in total. The Labute approximate surface area is 118 Å². The van der Waals surface area contributed by atoms with E-state index in [1.54, 1.807) is 6.20 Å². The summed E-state index contributed by atoms with van der Waals surface area (Å²) in [6.07, 6.45) is 2.67. The Bertz CT molecular complexity index is 618. The molecule has 1 aromatic heterocycles. The summed E-state index contributed by atoms with van der Waals surface area (Å²) in [4.78, 5) is 12.3. The van der Waals surface area contributed by atoms with Crippen molar-refractivity contribution >= 4 is 11.6 Å². The van der Waals surface area contributed by atoms with Gasteiger partial charge in [-0.15, -0.1) is 0 Å². The Kier molecular flexibility index (Phi) is 3.30. The smallest absolute Gasteiger partial charge is 0.228 e. The average Bonchev–Trinajstić information content (AvgIpc) is 3.21. The number of nitrogens with one attached hydrogen (secondary N) is 1. The predicted molar refractivity (Wildman–Crippen MR) is 78.6 cm³/mol. The molecule has 2 aromatic rings. The van der Waals surface area contributed by atoms with Gasteiger partial charge < -0.3 is 5.32 Å². The van der Waals surface area contributed by atoms with Crippen molar-refractivity contribution in [1.29, 1.82) is 0 Å². The molecule has 1 aliphatic rings. The van der Waals surface area contributed by atoms with Crippen LogP contribution in [0.1, 0.15) is 30.5 Å². The molecule has 1 aliphatic carbocycles. The topological polar surface area (TPSA) is 46.9 Å². The lowest BCUT2D eigenvalue weighted by Gasteiger charge is -2.05. The van der Waals surface area contributed by atoms with Gasteiger partial charge in [-0.1, -0.05) is 30.3 Å². The SMILES string of the molecule is CCn1ncc(NC(=O)C2CC2c2ccccc2)c1C. The van der Waals surface area contributed by atoms with Crippen molar-refractivity contribution in [2.24, 2.45) is 5.92 Å².